The van der Waals surface area contributed by atoms with Gasteiger partial charge in [0.1, 0.15) is 0 Å². The van der Waals surface area contributed by atoms with Crippen LogP contribution >= 0.6 is 0 Å². The lowest BCUT2D eigenvalue weighted by Crippen LogP contribution is -2.06. The molecule has 0 spiro atoms. The van der Waals surface area contributed by atoms with Crippen molar-refractivity contribution >= 4 is 5.97 Å². The Bertz CT molecular complexity index is 215. The largest absolute Gasteiger partial charge is 0.466 e. The molecule has 0 fully saturated rings. The van der Waals surface area contributed by atoms with Gasteiger partial charge in [-0.3, -0.25) is 4.79 Å². The van der Waals surface area contributed by atoms with E-state index in [1.807, 2.05) is 0 Å². The quantitative estimate of drug-likeness (QED) is 0.311. The number of aliphatic hydroxyl groups is 2. The number of carbonyl (C=O) groups excluding carboxylic acids is 1. The number of esters is 1. The van der Waals surface area contributed by atoms with Crippen molar-refractivity contribution in [2.24, 2.45) is 0 Å². The van der Waals surface area contributed by atoms with Crippen molar-refractivity contribution in [3.63, 3.8) is 0 Å². The second kappa shape index (κ2) is 14.2. The maximum absolute atomic E-state index is 11.2. The van der Waals surface area contributed by atoms with Crippen molar-refractivity contribution in [2.45, 2.75) is 32.1 Å². The molecule has 0 atom stereocenters. The number of hydrogen-bond acceptors (Lipinski definition) is 5. The molecule has 0 unspecified atom stereocenters. The molecule has 2 N–H and O–H groups in total. The van der Waals surface area contributed by atoms with E-state index in [9.17, 15) is 4.79 Å². The van der Waals surface area contributed by atoms with Gasteiger partial charge in [0.2, 0.25) is 0 Å². The molecular weight excluding hydrogens is 236 g/mol. The van der Waals surface area contributed by atoms with E-state index in [1.54, 1.807) is 12.2 Å². The second-order valence-corrected chi connectivity index (χ2v) is 3.84. The first-order valence-electron chi connectivity index (χ1n) is 6.41. The van der Waals surface area contributed by atoms with E-state index in [0.29, 0.717) is 32.7 Å². The molecule has 0 rings (SSSR count). The van der Waals surface area contributed by atoms with Crippen molar-refractivity contribution in [3.8, 4) is 0 Å². The SMILES string of the molecule is O=C(CCCCCOC/C=C\CO)OCCCO. The van der Waals surface area contributed by atoms with Gasteiger partial charge in [0, 0.05) is 26.1 Å². The Hall–Kier alpha value is -0.910. The van der Waals surface area contributed by atoms with Crippen molar-refractivity contribution in [2.75, 3.05) is 33.0 Å². The normalized spacial score (nSPS) is 11.0. The standard InChI is InChI=1S/C13H24O5/c14-8-3-5-11-17-10-4-1-2-7-13(16)18-12-6-9-15/h3,5,14-15H,1-2,4,6-12H2/b5-3-. The van der Waals surface area contributed by atoms with E-state index in [4.69, 9.17) is 19.7 Å². The van der Waals surface area contributed by atoms with Gasteiger partial charge in [-0.15, -0.1) is 0 Å². The minimum atomic E-state index is -0.199. The highest BCUT2D eigenvalue weighted by atomic mass is 16.5. The van der Waals surface area contributed by atoms with Gasteiger partial charge in [0.05, 0.1) is 19.8 Å². The van der Waals surface area contributed by atoms with E-state index in [-0.39, 0.29) is 19.2 Å². The van der Waals surface area contributed by atoms with Gasteiger partial charge in [-0.1, -0.05) is 18.6 Å². The summed E-state index contributed by atoms with van der Waals surface area (Å²) in [5.41, 5.74) is 0. The second-order valence-electron chi connectivity index (χ2n) is 3.84. The van der Waals surface area contributed by atoms with E-state index in [2.05, 4.69) is 0 Å². The molecule has 5 heteroatoms. The molecule has 0 aromatic carbocycles. The zero-order valence-corrected chi connectivity index (χ0v) is 10.8. The Balaban J connectivity index is 3.15. The molecular formula is C13H24O5. The fourth-order valence-corrected chi connectivity index (χ4v) is 1.27. The van der Waals surface area contributed by atoms with E-state index >= 15 is 0 Å². The van der Waals surface area contributed by atoms with Crippen molar-refractivity contribution in [1.29, 1.82) is 0 Å². The first-order valence-corrected chi connectivity index (χ1v) is 6.41. The summed E-state index contributed by atoms with van der Waals surface area (Å²) in [4.78, 5) is 11.2. The molecule has 0 aliphatic carbocycles. The lowest BCUT2D eigenvalue weighted by atomic mass is 10.2. The van der Waals surface area contributed by atoms with Crippen LogP contribution in [0.5, 0.6) is 0 Å². The Labute approximate surface area is 108 Å². The number of carbonyl (C=O) groups is 1. The summed E-state index contributed by atoms with van der Waals surface area (Å²) in [7, 11) is 0. The highest BCUT2D eigenvalue weighted by molar-refractivity contribution is 5.69. The lowest BCUT2D eigenvalue weighted by Gasteiger charge is -2.04. The lowest BCUT2D eigenvalue weighted by molar-refractivity contribution is -0.144. The predicted molar refractivity (Wildman–Crippen MR) is 68.2 cm³/mol. The Morgan fingerprint density at radius 2 is 1.83 bits per heavy atom. The minimum absolute atomic E-state index is 0.0434. The summed E-state index contributed by atoms with van der Waals surface area (Å²) in [5.74, 6) is -0.199. The van der Waals surface area contributed by atoms with Crippen LogP contribution in [0.25, 0.3) is 0 Å². The van der Waals surface area contributed by atoms with Gasteiger partial charge in [-0.25, -0.2) is 0 Å². The monoisotopic (exact) mass is 260 g/mol. The average molecular weight is 260 g/mol. The molecule has 0 aromatic rings. The molecule has 106 valence electrons. The van der Waals surface area contributed by atoms with Crippen LogP contribution in [0.3, 0.4) is 0 Å². The molecule has 0 aromatic heterocycles. The Kier molecular flexibility index (Phi) is 13.4. The summed E-state index contributed by atoms with van der Waals surface area (Å²) in [5, 5.41) is 17.0. The van der Waals surface area contributed by atoms with Crippen LogP contribution in [0.2, 0.25) is 0 Å². The van der Waals surface area contributed by atoms with Crippen LogP contribution < -0.4 is 0 Å². The molecule has 0 heterocycles. The molecule has 5 nitrogen and oxygen atoms in total. The van der Waals surface area contributed by atoms with E-state index < -0.39 is 0 Å². The molecule has 0 aliphatic heterocycles. The number of aliphatic hydroxyl groups excluding tert-OH is 2. The first-order chi connectivity index (χ1) is 8.81. The Morgan fingerprint density at radius 3 is 2.56 bits per heavy atom. The van der Waals surface area contributed by atoms with Gasteiger partial charge < -0.3 is 19.7 Å². The van der Waals surface area contributed by atoms with Gasteiger partial charge in [0.15, 0.2) is 0 Å². The fraction of sp³-hybridized carbons (Fsp3) is 0.769. The molecule has 18 heavy (non-hydrogen) atoms. The van der Waals surface area contributed by atoms with Crippen LogP contribution in [0.1, 0.15) is 32.1 Å². The molecule has 0 radical (unpaired) electrons. The highest BCUT2D eigenvalue weighted by Crippen LogP contribution is 2.02. The maximum Gasteiger partial charge on any atom is 0.305 e. The number of ether oxygens (including phenoxy) is 2. The molecule has 0 bridgehead atoms. The third-order valence-electron chi connectivity index (χ3n) is 2.22. The predicted octanol–water partition coefficient (Wildman–Crippen LogP) is 1.04. The molecule has 0 saturated heterocycles. The van der Waals surface area contributed by atoms with Crippen LogP contribution in [0, 0.1) is 0 Å². The zero-order valence-electron chi connectivity index (χ0n) is 10.8. The van der Waals surface area contributed by atoms with Gasteiger partial charge in [0.25, 0.3) is 0 Å². The van der Waals surface area contributed by atoms with Crippen molar-refractivity contribution in [3.05, 3.63) is 12.2 Å². The highest BCUT2D eigenvalue weighted by Gasteiger charge is 2.01. The summed E-state index contributed by atoms with van der Waals surface area (Å²) < 4.78 is 10.2. The maximum atomic E-state index is 11.2. The first kappa shape index (κ1) is 17.1. The third-order valence-corrected chi connectivity index (χ3v) is 2.22. The van der Waals surface area contributed by atoms with Gasteiger partial charge in [-0.2, -0.15) is 0 Å². The number of hydrogen-bond donors (Lipinski definition) is 2. The topological polar surface area (TPSA) is 76.0 Å². The minimum Gasteiger partial charge on any atom is -0.466 e. The average Bonchev–Trinajstić information content (AvgIpc) is 2.37. The van der Waals surface area contributed by atoms with E-state index in [1.165, 1.54) is 0 Å². The van der Waals surface area contributed by atoms with Crippen LogP contribution in [0.4, 0.5) is 0 Å². The van der Waals surface area contributed by atoms with Gasteiger partial charge in [-0.05, 0) is 12.8 Å². The fourth-order valence-electron chi connectivity index (χ4n) is 1.27. The van der Waals surface area contributed by atoms with E-state index in [0.717, 1.165) is 19.3 Å². The summed E-state index contributed by atoms with van der Waals surface area (Å²) >= 11 is 0. The van der Waals surface area contributed by atoms with Crippen LogP contribution in [-0.4, -0.2) is 49.2 Å². The summed E-state index contributed by atoms with van der Waals surface area (Å²) in [6.45, 7) is 1.58. The van der Waals surface area contributed by atoms with Gasteiger partial charge >= 0.3 is 5.97 Å². The summed E-state index contributed by atoms with van der Waals surface area (Å²) in [6, 6.07) is 0. The molecule has 0 aliphatic rings. The smallest absolute Gasteiger partial charge is 0.305 e. The van der Waals surface area contributed by atoms with Crippen molar-refractivity contribution in [1.82, 2.24) is 0 Å². The van der Waals surface area contributed by atoms with Crippen LogP contribution in [0.15, 0.2) is 12.2 Å². The van der Waals surface area contributed by atoms with Crippen LogP contribution in [-0.2, 0) is 14.3 Å². The zero-order chi connectivity index (χ0) is 13.5. The van der Waals surface area contributed by atoms with Crippen molar-refractivity contribution < 1.29 is 24.5 Å². The summed E-state index contributed by atoms with van der Waals surface area (Å²) in [6.07, 6.45) is 6.99. The Morgan fingerprint density at radius 1 is 1.00 bits per heavy atom. The third kappa shape index (κ3) is 13.2. The number of rotatable bonds is 12. The number of unbranched alkanes of at least 4 members (excludes halogenated alkanes) is 2. The molecule has 0 amide bonds. The molecule has 0 saturated carbocycles.